The molecule has 1 heterocycles. The fourth-order valence-corrected chi connectivity index (χ4v) is 2.33. The van der Waals surface area contributed by atoms with E-state index in [9.17, 15) is 9.59 Å². The van der Waals surface area contributed by atoms with Gasteiger partial charge in [0.1, 0.15) is 5.69 Å². The highest BCUT2D eigenvalue weighted by molar-refractivity contribution is 5.93. The minimum atomic E-state index is -0.181. The number of nitrogens with two attached hydrogens (primary N) is 1. The summed E-state index contributed by atoms with van der Waals surface area (Å²) in [6.07, 6.45) is 5.19. The Labute approximate surface area is 118 Å². The molecule has 6 nitrogen and oxygen atoms in total. The first kappa shape index (κ1) is 14.5. The highest BCUT2D eigenvalue weighted by atomic mass is 16.2. The van der Waals surface area contributed by atoms with Crippen molar-refractivity contribution >= 4 is 17.5 Å². The summed E-state index contributed by atoms with van der Waals surface area (Å²) in [5, 5.41) is 5.58. The number of nitrogens with one attached hydrogen (secondary N) is 2. The first-order valence-corrected chi connectivity index (χ1v) is 6.84. The fourth-order valence-electron chi connectivity index (χ4n) is 2.33. The molecule has 0 aromatic carbocycles. The van der Waals surface area contributed by atoms with Crippen LogP contribution in [-0.2, 0) is 4.79 Å². The lowest BCUT2D eigenvalue weighted by Crippen LogP contribution is -2.40. The molecule has 20 heavy (non-hydrogen) atoms. The average molecular weight is 276 g/mol. The second-order valence-corrected chi connectivity index (χ2v) is 5.20. The van der Waals surface area contributed by atoms with Gasteiger partial charge in [0.05, 0.1) is 11.9 Å². The minimum Gasteiger partial charge on any atom is -0.348 e. The molecule has 1 saturated carbocycles. The molecule has 1 aromatic heterocycles. The number of hydrogen-bond donors (Lipinski definition) is 3. The Morgan fingerprint density at radius 3 is 2.50 bits per heavy atom. The van der Waals surface area contributed by atoms with Crippen LogP contribution in [0.25, 0.3) is 0 Å². The van der Waals surface area contributed by atoms with Crippen LogP contribution >= 0.6 is 0 Å². The van der Waals surface area contributed by atoms with E-state index in [2.05, 4.69) is 15.6 Å². The number of pyridine rings is 1. The number of aromatic nitrogens is 1. The van der Waals surface area contributed by atoms with Gasteiger partial charge >= 0.3 is 0 Å². The van der Waals surface area contributed by atoms with E-state index in [1.54, 1.807) is 12.1 Å². The number of anilines is 1. The van der Waals surface area contributed by atoms with Crippen molar-refractivity contribution in [1.29, 1.82) is 0 Å². The molecular formula is C14H20N4O2. The summed E-state index contributed by atoms with van der Waals surface area (Å²) in [4.78, 5) is 27.0. The van der Waals surface area contributed by atoms with Gasteiger partial charge in [0, 0.05) is 19.0 Å². The molecule has 4 N–H and O–H groups in total. The standard InChI is InChI=1S/C14H20N4O2/c1-9(19)17-12-6-7-13(16-8-12)14(20)18-11-4-2-10(15)3-5-11/h6-8,10-11H,2-5,15H2,1H3,(H,17,19)(H,18,20)/t10-,11-. The SMILES string of the molecule is CC(=O)Nc1ccc(C(=O)N[C@H]2CC[C@H](N)CC2)nc1. The van der Waals surface area contributed by atoms with Gasteiger partial charge in [-0.2, -0.15) is 0 Å². The van der Waals surface area contributed by atoms with Gasteiger partial charge in [-0.15, -0.1) is 0 Å². The van der Waals surface area contributed by atoms with Crippen LogP contribution in [-0.4, -0.2) is 28.9 Å². The van der Waals surface area contributed by atoms with Crippen molar-refractivity contribution in [2.24, 2.45) is 5.73 Å². The van der Waals surface area contributed by atoms with Crippen molar-refractivity contribution in [2.45, 2.75) is 44.7 Å². The third-order valence-corrected chi connectivity index (χ3v) is 3.42. The van der Waals surface area contributed by atoms with E-state index in [-0.39, 0.29) is 23.9 Å². The number of carbonyl (C=O) groups excluding carboxylic acids is 2. The Kier molecular flexibility index (Phi) is 4.68. The lowest BCUT2D eigenvalue weighted by molar-refractivity contribution is -0.114. The van der Waals surface area contributed by atoms with Crippen molar-refractivity contribution in [3.05, 3.63) is 24.0 Å². The van der Waals surface area contributed by atoms with E-state index < -0.39 is 0 Å². The van der Waals surface area contributed by atoms with Gasteiger partial charge in [-0.3, -0.25) is 9.59 Å². The van der Waals surface area contributed by atoms with Gasteiger partial charge in [0.15, 0.2) is 0 Å². The predicted molar refractivity (Wildman–Crippen MR) is 76.2 cm³/mol. The van der Waals surface area contributed by atoms with Gasteiger partial charge in [0.2, 0.25) is 5.91 Å². The molecule has 2 rings (SSSR count). The summed E-state index contributed by atoms with van der Waals surface area (Å²) in [5.74, 6) is -0.345. The summed E-state index contributed by atoms with van der Waals surface area (Å²) >= 11 is 0. The molecule has 0 unspecified atom stereocenters. The molecular weight excluding hydrogens is 256 g/mol. The predicted octanol–water partition coefficient (Wildman–Crippen LogP) is 1.04. The smallest absolute Gasteiger partial charge is 0.270 e. The monoisotopic (exact) mass is 276 g/mol. The summed E-state index contributed by atoms with van der Waals surface area (Å²) in [5.41, 5.74) is 6.77. The van der Waals surface area contributed by atoms with Gasteiger partial charge in [0.25, 0.3) is 5.91 Å². The van der Waals surface area contributed by atoms with Crippen LogP contribution in [0.4, 0.5) is 5.69 Å². The molecule has 1 aliphatic carbocycles. The molecule has 2 amide bonds. The molecule has 108 valence electrons. The zero-order chi connectivity index (χ0) is 14.5. The van der Waals surface area contributed by atoms with Crippen molar-refractivity contribution < 1.29 is 9.59 Å². The topological polar surface area (TPSA) is 97.1 Å². The van der Waals surface area contributed by atoms with E-state index in [1.165, 1.54) is 13.1 Å². The quantitative estimate of drug-likeness (QED) is 0.768. The van der Waals surface area contributed by atoms with Gasteiger partial charge in [-0.05, 0) is 37.8 Å². The lowest BCUT2D eigenvalue weighted by atomic mass is 9.92. The van der Waals surface area contributed by atoms with Crippen molar-refractivity contribution in [3.63, 3.8) is 0 Å². The lowest BCUT2D eigenvalue weighted by Gasteiger charge is -2.26. The van der Waals surface area contributed by atoms with Crippen LogP contribution in [0.2, 0.25) is 0 Å². The Bertz CT molecular complexity index is 478. The van der Waals surface area contributed by atoms with Crippen LogP contribution in [0, 0.1) is 0 Å². The molecule has 1 aromatic rings. The molecule has 0 spiro atoms. The molecule has 1 aliphatic rings. The van der Waals surface area contributed by atoms with Crippen LogP contribution in [0.15, 0.2) is 18.3 Å². The average Bonchev–Trinajstić information content (AvgIpc) is 2.41. The summed E-state index contributed by atoms with van der Waals surface area (Å²) < 4.78 is 0. The summed E-state index contributed by atoms with van der Waals surface area (Å²) in [7, 11) is 0. The first-order chi connectivity index (χ1) is 9.54. The highest BCUT2D eigenvalue weighted by Gasteiger charge is 2.20. The van der Waals surface area contributed by atoms with E-state index in [0.29, 0.717) is 11.4 Å². The minimum absolute atomic E-state index is 0.164. The molecule has 0 aliphatic heterocycles. The van der Waals surface area contributed by atoms with E-state index in [1.807, 2.05) is 0 Å². The van der Waals surface area contributed by atoms with Crippen molar-refractivity contribution in [2.75, 3.05) is 5.32 Å². The normalized spacial score (nSPS) is 22.1. The van der Waals surface area contributed by atoms with E-state index >= 15 is 0 Å². The second-order valence-electron chi connectivity index (χ2n) is 5.20. The Balaban J connectivity index is 1.90. The Morgan fingerprint density at radius 2 is 1.95 bits per heavy atom. The van der Waals surface area contributed by atoms with Gasteiger partial charge in [-0.1, -0.05) is 0 Å². The molecule has 0 saturated heterocycles. The number of carbonyl (C=O) groups is 2. The maximum Gasteiger partial charge on any atom is 0.270 e. The van der Waals surface area contributed by atoms with Gasteiger partial charge in [-0.25, -0.2) is 4.98 Å². The van der Waals surface area contributed by atoms with Crippen LogP contribution in [0.5, 0.6) is 0 Å². The third kappa shape index (κ3) is 4.03. The zero-order valence-electron chi connectivity index (χ0n) is 11.6. The zero-order valence-corrected chi connectivity index (χ0v) is 11.6. The van der Waals surface area contributed by atoms with Crippen molar-refractivity contribution in [1.82, 2.24) is 10.3 Å². The molecule has 0 atom stereocenters. The highest BCUT2D eigenvalue weighted by Crippen LogP contribution is 2.17. The Morgan fingerprint density at radius 1 is 1.25 bits per heavy atom. The first-order valence-electron chi connectivity index (χ1n) is 6.84. The van der Waals surface area contributed by atoms with Crippen LogP contribution in [0.1, 0.15) is 43.1 Å². The number of rotatable bonds is 3. The molecule has 0 bridgehead atoms. The number of hydrogen-bond acceptors (Lipinski definition) is 4. The van der Waals surface area contributed by atoms with Crippen LogP contribution in [0.3, 0.4) is 0 Å². The maximum atomic E-state index is 12.0. The number of nitrogens with zero attached hydrogens (tertiary/aromatic N) is 1. The Hall–Kier alpha value is -1.95. The maximum absolute atomic E-state index is 12.0. The third-order valence-electron chi connectivity index (χ3n) is 3.42. The van der Waals surface area contributed by atoms with Gasteiger partial charge < -0.3 is 16.4 Å². The molecule has 1 fully saturated rings. The van der Waals surface area contributed by atoms with Crippen molar-refractivity contribution in [3.8, 4) is 0 Å². The van der Waals surface area contributed by atoms with E-state index in [4.69, 9.17) is 5.73 Å². The number of amides is 2. The molecule has 6 heteroatoms. The molecule has 0 radical (unpaired) electrons. The second kappa shape index (κ2) is 6.47. The van der Waals surface area contributed by atoms with Crippen LogP contribution < -0.4 is 16.4 Å². The summed E-state index contributed by atoms with van der Waals surface area (Å²) in [6.45, 7) is 1.43. The fraction of sp³-hybridized carbons (Fsp3) is 0.500. The van der Waals surface area contributed by atoms with E-state index in [0.717, 1.165) is 25.7 Å². The largest absolute Gasteiger partial charge is 0.348 e. The summed E-state index contributed by atoms with van der Waals surface area (Å²) in [6, 6.07) is 3.72.